The number of benzene rings is 2. The third kappa shape index (κ3) is 6.34. The van der Waals surface area contributed by atoms with E-state index in [1.54, 1.807) is 39.8 Å². The fourth-order valence-electron chi connectivity index (χ4n) is 3.40. The van der Waals surface area contributed by atoms with Crippen LogP contribution in [0.25, 0.3) is 10.9 Å². The van der Waals surface area contributed by atoms with Gasteiger partial charge in [0.2, 0.25) is 6.10 Å². The molecular weight excluding hydrogens is 474 g/mol. The number of nitro groups is 1. The Morgan fingerprint density at radius 3 is 2.39 bits per heavy atom. The van der Waals surface area contributed by atoms with Crippen molar-refractivity contribution >= 4 is 34.8 Å². The molecule has 0 amide bonds. The zero-order chi connectivity index (χ0) is 26.6. The number of non-ortho nitro benzene ring substituents is 1. The number of esters is 1. The van der Waals surface area contributed by atoms with Gasteiger partial charge in [-0.2, -0.15) is 9.78 Å². The van der Waals surface area contributed by atoms with Crippen LogP contribution in [-0.4, -0.2) is 51.7 Å². The number of hydrogen-bond donors (Lipinski definition) is 0. The van der Waals surface area contributed by atoms with E-state index >= 15 is 0 Å². The molecule has 3 rings (SSSR count). The minimum Gasteiger partial charge on any atom is -0.466 e. The highest BCUT2D eigenvalue weighted by Gasteiger charge is 2.27. The monoisotopic (exact) mass is 499 g/mol. The summed E-state index contributed by atoms with van der Waals surface area (Å²) in [7, 11) is 1.15. The average Bonchev–Trinajstić information content (AvgIpc) is 3.22. The first-order valence-corrected chi connectivity index (χ1v) is 10.8. The van der Waals surface area contributed by atoms with Crippen LogP contribution in [0.4, 0.5) is 15.3 Å². The van der Waals surface area contributed by atoms with E-state index in [0.717, 1.165) is 23.9 Å². The van der Waals surface area contributed by atoms with Gasteiger partial charge in [-0.25, -0.2) is 14.4 Å². The van der Waals surface area contributed by atoms with Crippen molar-refractivity contribution < 1.29 is 38.3 Å². The van der Waals surface area contributed by atoms with E-state index in [2.05, 4.69) is 5.10 Å². The van der Waals surface area contributed by atoms with Crippen molar-refractivity contribution in [2.45, 2.75) is 45.8 Å². The van der Waals surface area contributed by atoms with E-state index in [0.29, 0.717) is 22.0 Å². The van der Waals surface area contributed by atoms with Gasteiger partial charge in [-0.15, -0.1) is 0 Å². The molecule has 0 fully saturated rings. The number of ether oxygens (including phenoxy) is 4. The van der Waals surface area contributed by atoms with E-state index in [1.807, 2.05) is 0 Å². The maximum Gasteiger partial charge on any atom is 0.514 e. The summed E-state index contributed by atoms with van der Waals surface area (Å²) >= 11 is 0. The van der Waals surface area contributed by atoms with Gasteiger partial charge in [0.15, 0.2) is 0 Å². The fourth-order valence-corrected chi connectivity index (χ4v) is 3.40. The standard InChI is InChI=1S/C24H25N3O9/c1-14-10-15(11-16-13-25-26(20(14)16)22(29)36-24(2,3)4)12-19(21(28)33-5)35-23(30)34-18-8-6-17(7-9-18)27(31)32/h6-11,13,19H,12H2,1-5H3/t19-/m1/s1. The van der Waals surface area contributed by atoms with Crippen LogP contribution in [0.2, 0.25) is 0 Å². The molecule has 12 heteroatoms. The highest BCUT2D eigenvalue weighted by atomic mass is 16.7. The van der Waals surface area contributed by atoms with Gasteiger partial charge in [0.05, 0.1) is 23.7 Å². The largest absolute Gasteiger partial charge is 0.514 e. The van der Waals surface area contributed by atoms with Gasteiger partial charge < -0.3 is 18.9 Å². The summed E-state index contributed by atoms with van der Waals surface area (Å²) in [6.45, 7) is 7.02. The van der Waals surface area contributed by atoms with Crippen molar-refractivity contribution in [2.24, 2.45) is 0 Å². The molecule has 0 saturated heterocycles. The molecule has 0 unspecified atom stereocenters. The van der Waals surface area contributed by atoms with Crippen molar-refractivity contribution in [1.29, 1.82) is 0 Å². The lowest BCUT2D eigenvalue weighted by Crippen LogP contribution is -2.31. The van der Waals surface area contributed by atoms with Crippen molar-refractivity contribution in [1.82, 2.24) is 9.78 Å². The number of carbonyl (C=O) groups is 3. The Hall–Kier alpha value is -4.48. The second-order valence-electron chi connectivity index (χ2n) is 8.82. The van der Waals surface area contributed by atoms with Crippen LogP contribution in [-0.2, 0) is 25.4 Å². The Labute approximate surface area is 205 Å². The first kappa shape index (κ1) is 26.1. The fraction of sp³-hybridized carbons (Fsp3) is 0.333. The minimum atomic E-state index is -1.33. The second-order valence-corrected chi connectivity index (χ2v) is 8.82. The Bertz CT molecular complexity index is 1310. The number of nitrogens with zero attached hydrogens (tertiary/aromatic N) is 3. The molecule has 3 aromatic rings. The number of rotatable bonds is 6. The van der Waals surface area contributed by atoms with E-state index in [1.165, 1.54) is 18.3 Å². The number of aryl methyl sites for hydroxylation is 1. The van der Waals surface area contributed by atoms with Gasteiger partial charge in [-0.1, -0.05) is 6.07 Å². The Morgan fingerprint density at radius 2 is 1.81 bits per heavy atom. The van der Waals surface area contributed by atoms with E-state index in [9.17, 15) is 24.5 Å². The quantitative estimate of drug-likeness (QED) is 0.158. The van der Waals surface area contributed by atoms with Crippen LogP contribution in [0.15, 0.2) is 42.6 Å². The number of hydrogen-bond acceptors (Lipinski definition) is 10. The molecule has 0 N–H and O–H groups in total. The van der Waals surface area contributed by atoms with Crippen LogP contribution in [0.5, 0.6) is 5.75 Å². The van der Waals surface area contributed by atoms with Crippen LogP contribution in [0, 0.1) is 17.0 Å². The van der Waals surface area contributed by atoms with Crippen LogP contribution >= 0.6 is 0 Å². The van der Waals surface area contributed by atoms with Gasteiger partial charge >= 0.3 is 18.2 Å². The lowest BCUT2D eigenvalue weighted by atomic mass is 10.0. The van der Waals surface area contributed by atoms with E-state index in [-0.39, 0.29) is 17.9 Å². The first-order valence-electron chi connectivity index (χ1n) is 10.8. The van der Waals surface area contributed by atoms with Gasteiger partial charge in [0, 0.05) is 23.9 Å². The molecule has 0 aliphatic rings. The molecule has 0 radical (unpaired) electrons. The molecule has 0 aliphatic carbocycles. The van der Waals surface area contributed by atoms with Crippen LogP contribution in [0.3, 0.4) is 0 Å². The Morgan fingerprint density at radius 1 is 1.14 bits per heavy atom. The minimum absolute atomic E-state index is 0.000960. The maximum absolute atomic E-state index is 12.5. The molecule has 12 nitrogen and oxygen atoms in total. The summed E-state index contributed by atoms with van der Waals surface area (Å²) in [5, 5.41) is 15.5. The maximum atomic E-state index is 12.5. The van der Waals surface area contributed by atoms with Crippen molar-refractivity contribution in [3.63, 3.8) is 0 Å². The van der Waals surface area contributed by atoms with Gasteiger partial charge in [0.1, 0.15) is 11.4 Å². The third-order valence-electron chi connectivity index (χ3n) is 4.85. The highest BCUT2D eigenvalue weighted by molar-refractivity contribution is 5.90. The van der Waals surface area contributed by atoms with Crippen LogP contribution in [0.1, 0.15) is 31.9 Å². The number of methoxy groups -OCH3 is 1. The predicted molar refractivity (Wildman–Crippen MR) is 126 cm³/mol. The molecule has 36 heavy (non-hydrogen) atoms. The van der Waals surface area contributed by atoms with E-state index in [4.69, 9.17) is 18.9 Å². The number of nitro benzene ring substituents is 1. The molecule has 0 aliphatic heterocycles. The van der Waals surface area contributed by atoms with Gasteiger partial charge in [0.25, 0.3) is 5.69 Å². The van der Waals surface area contributed by atoms with Gasteiger partial charge in [-0.3, -0.25) is 10.1 Å². The molecule has 0 spiro atoms. The molecule has 1 atom stereocenters. The molecule has 1 aromatic heterocycles. The Balaban J connectivity index is 1.78. The SMILES string of the molecule is COC(=O)[C@@H](Cc1cc(C)c2c(cnn2C(=O)OC(C)(C)C)c1)OC(=O)Oc1ccc([N+](=O)[O-])cc1. The molecule has 2 aromatic carbocycles. The summed E-state index contributed by atoms with van der Waals surface area (Å²) in [5.74, 6) is -0.807. The molecular formula is C24H25N3O9. The lowest BCUT2D eigenvalue weighted by Gasteiger charge is -2.19. The summed E-state index contributed by atoms with van der Waals surface area (Å²) in [6, 6.07) is 8.22. The highest BCUT2D eigenvalue weighted by Crippen LogP contribution is 2.24. The average molecular weight is 499 g/mol. The zero-order valence-electron chi connectivity index (χ0n) is 20.3. The first-order chi connectivity index (χ1) is 16.9. The summed E-state index contributed by atoms with van der Waals surface area (Å²) < 4.78 is 21.5. The normalized spacial score (nSPS) is 12.0. The molecule has 1 heterocycles. The second kappa shape index (κ2) is 10.4. The van der Waals surface area contributed by atoms with Crippen molar-refractivity contribution in [2.75, 3.05) is 7.11 Å². The third-order valence-corrected chi connectivity index (χ3v) is 4.85. The Kier molecular flexibility index (Phi) is 7.56. The van der Waals surface area contributed by atoms with Gasteiger partial charge in [-0.05, 0) is 57.0 Å². The van der Waals surface area contributed by atoms with Crippen molar-refractivity contribution in [3.05, 3.63) is 63.8 Å². The summed E-state index contributed by atoms with van der Waals surface area (Å²) in [6.07, 6.45) is -1.70. The molecule has 0 saturated carbocycles. The number of fused-ring (bicyclic) bond motifs is 1. The number of carbonyl (C=O) groups excluding carboxylic acids is 3. The predicted octanol–water partition coefficient (Wildman–Crippen LogP) is 4.34. The topological polar surface area (TPSA) is 149 Å². The van der Waals surface area contributed by atoms with E-state index < -0.39 is 34.8 Å². The number of aromatic nitrogens is 2. The smallest absolute Gasteiger partial charge is 0.466 e. The van der Waals surface area contributed by atoms with Crippen molar-refractivity contribution in [3.8, 4) is 5.75 Å². The summed E-state index contributed by atoms with van der Waals surface area (Å²) in [4.78, 5) is 47.2. The lowest BCUT2D eigenvalue weighted by molar-refractivity contribution is -0.384. The molecule has 0 bridgehead atoms. The van der Waals surface area contributed by atoms with Crippen LogP contribution < -0.4 is 4.74 Å². The molecule has 190 valence electrons. The zero-order valence-corrected chi connectivity index (χ0v) is 20.3. The summed E-state index contributed by atoms with van der Waals surface area (Å²) in [5.41, 5.74) is 0.965.